The van der Waals surface area contributed by atoms with Crippen molar-refractivity contribution in [3.63, 3.8) is 0 Å². The molecule has 0 fully saturated rings. The molecule has 0 radical (unpaired) electrons. The molecule has 1 aromatic carbocycles. The molecule has 4 heterocycles. The number of aromatic nitrogens is 5. The van der Waals surface area contributed by atoms with E-state index in [-0.39, 0.29) is 0 Å². The third-order valence-electron chi connectivity index (χ3n) is 4.44. The largest absolute Gasteiger partial charge is 0.300 e. The van der Waals surface area contributed by atoms with E-state index in [9.17, 15) is 0 Å². The van der Waals surface area contributed by atoms with Crippen molar-refractivity contribution in [3.05, 3.63) is 91.8 Å². The first-order chi connectivity index (χ1) is 12.9. The molecule has 0 bridgehead atoms. The molecule has 0 spiro atoms. The highest BCUT2D eigenvalue weighted by Gasteiger charge is 2.08. The summed E-state index contributed by atoms with van der Waals surface area (Å²) in [6.07, 6.45) is 11.3. The Kier molecular flexibility index (Phi) is 3.35. The predicted molar refractivity (Wildman–Crippen MR) is 101 cm³/mol. The Labute approximate surface area is 150 Å². The summed E-state index contributed by atoms with van der Waals surface area (Å²) >= 11 is 0. The van der Waals surface area contributed by atoms with Gasteiger partial charge < -0.3 is 0 Å². The van der Waals surface area contributed by atoms with Crippen molar-refractivity contribution in [1.29, 1.82) is 0 Å². The molecule has 4 aromatic heterocycles. The van der Waals surface area contributed by atoms with Gasteiger partial charge in [0.1, 0.15) is 5.65 Å². The van der Waals surface area contributed by atoms with Crippen LogP contribution in [0.2, 0.25) is 0 Å². The maximum absolute atomic E-state index is 4.60. The molecule has 0 atom stereocenters. The summed E-state index contributed by atoms with van der Waals surface area (Å²) in [6, 6.07) is 18.4. The lowest BCUT2D eigenvalue weighted by molar-refractivity contribution is 0.881. The second kappa shape index (κ2) is 5.97. The van der Waals surface area contributed by atoms with Gasteiger partial charge in [-0.2, -0.15) is 5.10 Å². The first-order valence-electron chi connectivity index (χ1n) is 8.36. The van der Waals surface area contributed by atoms with E-state index in [1.807, 2.05) is 47.4 Å². The lowest BCUT2D eigenvalue weighted by Gasteiger charge is -2.07. The van der Waals surface area contributed by atoms with Gasteiger partial charge >= 0.3 is 0 Å². The molecule has 5 aromatic rings. The number of rotatable bonds is 3. The van der Waals surface area contributed by atoms with E-state index >= 15 is 0 Å². The quantitative estimate of drug-likeness (QED) is 0.494. The fourth-order valence-corrected chi connectivity index (χ4v) is 3.15. The molecule has 0 saturated carbocycles. The first-order valence-corrected chi connectivity index (χ1v) is 8.36. The second-order valence-corrected chi connectivity index (χ2v) is 6.02. The maximum Gasteiger partial charge on any atom is 0.137 e. The van der Waals surface area contributed by atoms with E-state index in [0.717, 1.165) is 33.7 Å². The van der Waals surface area contributed by atoms with Gasteiger partial charge in [0.05, 0.1) is 17.6 Å². The van der Waals surface area contributed by atoms with Crippen LogP contribution in [0.15, 0.2) is 91.8 Å². The van der Waals surface area contributed by atoms with E-state index in [1.165, 1.54) is 0 Å². The van der Waals surface area contributed by atoms with Gasteiger partial charge in [0.15, 0.2) is 0 Å². The molecule has 0 N–H and O–H groups in total. The molecule has 0 amide bonds. The summed E-state index contributed by atoms with van der Waals surface area (Å²) in [5.41, 5.74) is 6.35. The zero-order chi connectivity index (χ0) is 17.3. The van der Waals surface area contributed by atoms with Crippen LogP contribution in [0.4, 0.5) is 0 Å². The standard InChI is InChI=1S/C21H15N5/c1-3-18(13-19(4-1)26-11-2-8-24-26)20-15-23-21-14-17(7-12-25(20)21)16-5-9-22-10-6-16/h1-15H. The minimum absolute atomic E-state index is 0.916. The fraction of sp³-hybridized carbons (Fsp3) is 0. The first kappa shape index (κ1) is 14.6. The zero-order valence-corrected chi connectivity index (χ0v) is 13.9. The molecule has 0 aliphatic heterocycles. The molecule has 26 heavy (non-hydrogen) atoms. The molecule has 124 valence electrons. The third kappa shape index (κ3) is 2.46. The van der Waals surface area contributed by atoms with Gasteiger partial charge in [-0.15, -0.1) is 0 Å². The van der Waals surface area contributed by atoms with Crippen molar-refractivity contribution < 1.29 is 0 Å². The van der Waals surface area contributed by atoms with Crippen molar-refractivity contribution in [3.8, 4) is 28.1 Å². The number of hydrogen-bond acceptors (Lipinski definition) is 3. The van der Waals surface area contributed by atoms with E-state index < -0.39 is 0 Å². The summed E-state index contributed by atoms with van der Waals surface area (Å²) in [5.74, 6) is 0. The van der Waals surface area contributed by atoms with Crippen LogP contribution in [-0.4, -0.2) is 24.1 Å². The van der Waals surface area contributed by atoms with Crippen molar-refractivity contribution >= 4 is 5.65 Å². The highest BCUT2D eigenvalue weighted by atomic mass is 15.3. The monoisotopic (exact) mass is 337 g/mol. The number of benzene rings is 1. The van der Waals surface area contributed by atoms with Crippen LogP contribution in [0.1, 0.15) is 0 Å². The number of hydrogen-bond donors (Lipinski definition) is 0. The van der Waals surface area contributed by atoms with Gasteiger partial charge in [0, 0.05) is 36.5 Å². The lowest BCUT2D eigenvalue weighted by Crippen LogP contribution is -1.95. The number of nitrogens with zero attached hydrogens (tertiary/aromatic N) is 5. The van der Waals surface area contributed by atoms with Crippen molar-refractivity contribution in [2.45, 2.75) is 0 Å². The summed E-state index contributed by atoms with van der Waals surface area (Å²) in [7, 11) is 0. The van der Waals surface area contributed by atoms with Crippen LogP contribution in [0.5, 0.6) is 0 Å². The minimum atomic E-state index is 0.916. The predicted octanol–water partition coefficient (Wildman–Crippen LogP) is 4.25. The van der Waals surface area contributed by atoms with Gasteiger partial charge in [0.2, 0.25) is 0 Å². The Morgan fingerprint density at radius 2 is 1.65 bits per heavy atom. The van der Waals surface area contributed by atoms with Crippen LogP contribution < -0.4 is 0 Å². The van der Waals surface area contributed by atoms with Crippen molar-refractivity contribution in [1.82, 2.24) is 24.1 Å². The molecule has 0 saturated heterocycles. The topological polar surface area (TPSA) is 48.0 Å². The third-order valence-corrected chi connectivity index (χ3v) is 4.44. The summed E-state index contributed by atoms with van der Waals surface area (Å²) in [4.78, 5) is 8.68. The van der Waals surface area contributed by atoms with E-state index in [0.29, 0.717) is 0 Å². The Morgan fingerprint density at radius 3 is 2.50 bits per heavy atom. The fourth-order valence-electron chi connectivity index (χ4n) is 3.15. The molecule has 5 nitrogen and oxygen atoms in total. The molecular formula is C21H15N5. The average Bonchev–Trinajstić information content (AvgIpc) is 3.38. The molecule has 0 aliphatic rings. The zero-order valence-electron chi connectivity index (χ0n) is 13.9. The van der Waals surface area contributed by atoms with E-state index in [1.54, 1.807) is 18.6 Å². The van der Waals surface area contributed by atoms with Crippen LogP contribution in [-0.2, 0) is 0 Å². The molecule has 5 heteroatoms. The van der Waals surface area contributed by atoms with Crippen LogP contribution in [0, 0.1) is 0 Å². The van der Waals surface area contributed by atoms with Gasteiger partial charge in [0.25, 0.3) is 0 Å². The Balaban J connectivity index is 1.59. The van der Waals surface area contributed by atoms with Gasteiger partial charge in [-0.25, -0.2) is 9.67 Å². The average molecular weight is 337 g/mol. The van der Waals surface area contributed by atoms with Gasteiger partial charge in [-0.1, -0.05) is 12.1 Å². The number of imidazole rings is 1. The summed E-state index contributed by atoms with van der Waals surface area (Å²) in [6.45, 7) is 0. The molecular weight excluding hydrogens is 322 g/mol. The Hall–Kier alpha value is -3.73. The van der Waals surface area contributed by atoms with Crippen LogP contribution in [0.25, 0.3) is 33.7 Å². The van der Waals surface area contributed by atoms with Crippen LogP contribution in [0.3, 0.4) is 0 Å². The lowest BCUT2D eigenvalue weighted by atomic mass is 10.1. The van der Waals surface area contributed by atoms with E-state index in [4.69, 9.17) is 0 Å². The smallest absolute Gasteiger partial charge is 0.137 e. The summed E-state index contributed by atoms with van der Waals surface area (Å²) < 4.78 is 3.96. The van der Waals surface area contributed by atoms with Gasteiger partial charge in [-0.3, -0.25) is 9.38 Å². The highest BCUT2D eigenvalue weighted by Crippen LogP contribution is 2.26. The minimum Gasteiger partial charge on any atom is -0.300 e. The maximum atomic E-state index is 4.60. The Morgan fingerprint density at radius 1 is 0.731 bits per heavy atom. The van der Waals surface area contributed by atoms with Crippen molar-refractivity contribution in [2.75, 3.05) is 0 Å². The molecule has 5 rings (SSSR count). The number of pyridine rings is 2. The SMILES string of the molecule is c1cc(-c2cnc3cc(-c4ccncc4)ccn23)cc(-n2cccn2)c1. The van der Waals surface area contributed by atoms with Crippen LogP contribution >= 0.6 is 0 Å². The van der Waals surface area contributed by atoms with E-state index in [2.05, 4.69) is 49.9 Å². The van der Waals surface area contributed by atoms with Crippen molar-refractivity contribution in [2.24, 2.45) is 0 Å². The highest BCUT2D eigenvalue weighted by molar-refractivity contribution is 5.71. The van der Waals surface area contributed by atoms with Gasteiger partial charge in [-0.05, 0) is 53.6 Å². The number of fused-ring (bicyclic) bond motifs is 1. The molecule has 0 unspecified atom stereocenters. The molecule has 0 aliphatic carbocycles. The normalized spacial score (nSPS) is 11.1. The summed E-state index contributed by atoms with van der Waals surface area (Å²) in [5, 5.41) is 4.31. The second-order valence-electron chi connectivity index (χ2n) is 6.02. The Bertz CT molecular complexity index is 1170.